The third-order valence-corrected chi connectivity index (χ3v) is 2.67. The van der Waals surface area contributed by atoms with Crippen LogP contribution in [0.4, 0.5) is 0 Å². The van der Waals surface area contributed by atoms with Crippen molar-refractivity contribution in [1.82, 2.24) is 20.0 Å². The van der Waals surface area contributed by atoms with Crippen molar-refractivity contribution in [1.29, 1.82) is 0 Å². The summed E-state index contributed by atoms with van der Waals surface area (Å²) in [6, 6.07) is 3.11. The molecular formula is C11H11ClN4O2. The van der Waals surface area contributed by atoms with E-state index in [0.29, 0.717) is 23.1 Å². The van der Waals surface area contributed by atoms with Crippen LogP contribution in [0.3, 0.4) is 0 Å². The van der Waals surface area contributed by atoms with Gasteiger partial charge in [-0.3, -0.25) is 9.48 Å². The Balaban J connectivity index is 2.38. The molecule has 0 aromatic carbocycles. The number of hydrogen-bond donors (Lipinski definition) is 0. The van der Waals surface area contributed by atoms with Gasteiger partial charge in [0.2, 0.25) is 11.7 Å². The van der Waals surface area contributed by atoms with E-state index in [2.05, 4.69) is 15.3 Å². The molecular weight excluding hydrogens is 256 g/mol. The summed E-state index contributed by atoms with van der Waals surface area (Å²) in [4.78, 5) is 12.2. The Morgan fingerprint density at radius 1 is 1.44 bits per heavy atom. The van der Waals surface area contributed by atoms with E-state index in [9.17, 15) is 4.79 Å². The van der Waals surface area contributed by atoms with Crippen molar-refractivity contribution in [3.63, 3.8) is 0 Å². The average Bonchev–Trinajstić information content (AvgIpc) is 2.79. The van der Waals surface area contributed by atoms with E-state index in [1.165, 1.54) is 24.1 Å². The predicted octanol–water partition coefficient (Wildman–Crippen LogP) is 1.59. The summed E-state index contributed by atoms with van der Waals surface area (Å²) in [5, 5.41) is 11.9. The molecule has 0 saturated carbocycles. The van der Waals surface area contributed by atoms with E-state index >= 15 is 0 Å². The zero-order chi connectivity index (χ0) is 13.1. The Hall–Kier alpha value is -1.95. The van der Waals surface area contributed by atoms with Gasteiger partial charge in [0.15, 0.2) is 0 Å². The van der Waals surface area contributed by atoms with E-state index in [1.54, 1.807) is 6.07 Å². The second-order valence-electron chi connectivity index (χ2n) is 3.45. The van der Waals surface area contributed by atoms with Crippen LogP contribution in [0.15, 0.2) is 18.3 Å². The molecule has 94 valence electrons. The van der Waals surface area contributed by atoms with Gasteiger partial charge in [-0.2, -0.15) is 5.10 Å². The number of methoxy groups -OCH3 is 1. The fourth-order valence-electron chi connectivity index (χ4n) is 1.50. The molecule has 7 heteroatoms. The first kappa shape index (κ1) is 12.5. The first-order chi connectivity index (χ1) is 8.67. The number of aromatic nitrogens is 4. The lowest BCUT2D eigenvalue weighted by Crippen LogP contribution is -2.13. The number of rotatable bonds is 4. The number of hydrogen-bond acceptors (Lipinski definition) is 5. The predicted molar refractivity (Wildman–Crippen MR) is 64.9 cm³/mol. The summed E-state index contributed by atoms with van der Waals surface area (Å²) in [5.41, 5.74) is 0.520. The smallest absolute Gasteiger partial charge is 0.233 e. The lowest BCUT2D eigenvalue weighted by Gasteiger charge is -2.04. The van der Waals surface area contributed by atoms with Gasteiger partial charge in [0.1, 0.15) is 11.4 Å². The minimum atomic E-state index is -0.311. The molecule has 0 aliphatic heterocycles. The first-order valence-electron chi connectivity index (χ1n) is 5.31. The molecule has 2 heterocycles. The van der Waals surface area contributed by atoms with Crippen LogP contribution in [0.25, 0.3) is 0 Å². The molecule has 0 bridgehead atoms. The van der Waals surface area contributed by atoms with E-state index in [1.807, 2.05) is 6.92 Å². The number of nitrogens with zero attached hydrogens (tertiary/aromatic N) is 4. The van der Waals surface area contributed by atoms with Gasteiger partial charge in [0.25, 0.3) is 0 Å². The van der Waals surface area contributed by atoms with Gasteiger partial charge < -0.3 is 4.74 Å². The molecule has 0 unspecified atom stereocenters. The summed E-state index contributed by atoms with van der Waals surface area (Å²) >= 11 is 5.95. The minimum Gasteiger partial charge on any atom is -0.480 e. The van der Waals surface area contributed by atoms with Crippen LogP contribution >= 0.6 is 11.6 Å². The Morgan fingerprint density at radius 3 is 2.78 bits per heavy atom. The molecule has 2 aromatic rings. The molecule has 2 aromatic heterocycles. The largest absolute Gasteiger partial charge is 0.480 e. The highest BCUT2D eigenvalue weighted by Gasteiger charge is 2.20. The summed E-state index contributed by atoms with van der Waals surface area (Å²) in [6.45, 7) is 2.43. The summed E-state index contributed by atoms with van der Waals surface area (Å²) in [7, 11) is 1.48. The number of carbonyl (C=O) groups excluding carboxylic acids is 1. The summed E-state index contributed by atoms with van der Waals surface area (Å²) in [6.07, 6.45) is 1.44. The zero-order valence-electron chi connectivity index (χ0n) is 9.92. The van der Waals surface area contributed by atoms with Gasteiger partial charge in [0, 0.05) is 12.6 Å². The van der Waals surface area contributed by atoms with Gasteiger partial charge in [0.05, 0.1) is 18.3 Å². The normalized spacial score (nSPS) is 10.4. The van der Waals surface area contributed by atoms with E-state index in [0.717, 1.165) is 0 Å². The topological polar surface area (TPSA) is 69.9 Å². The molecule has 0 radical (unpaired) electrons. The molecule has 0 saturated heterocycles. The number of aryl methyl sites for hydroxylation is 1. The minimum absolute atomic E-state index is 0.202. The fourth-order valence-corrected chi connectivity index (χ4v) is 1.73. The lowest BCUT2D eigenvalue weighted by molar-refractivity contribution is 0.102. The number of halogens is 1. The third kappa shape index (κ3) is 2.19. The highest BCUT2D eigenvalue weighted by atomic mass is 35.5. The van der Waals surface area contributed by atoms with Crippen molar-refractivity contribution in [3.05, 3.63) is 34.7 Å². The molecule has 18 heavy (non-hydrogen) atoms. The summed E-state index contributed by atoms with van der Waals surface area (Å²) in [5.74, 6) is 0.0381. The standard InChI is InChI=1S/C11H11ClN4O2/c1-3-16-10(7(12)6-13-16)11(17)8-4-5-9(18-2)15-14-8/h4-6H,3H2,1-2H3. The molecule has 0 atom stereocenters. The maximum absolute atomic E-state index is 12.2. The highest BCUT2D eigenvalue weighted by molar-refractivity contribution is 6.34. The SMILES string of the molecule is CCn1ncc(Cl)c1C(=O)c1ccc(OC)nn1. The van der Waals surface area contributed by atoms with Crippen LogP contribution in [0.5, 0.6) is 5.88 Å². The van der Waals surface area contributed by atoms with Crippen molar-refractivity contribution >= 4 is 17.4 Å². The Bertz CT molecular complexity index is 565. The van der Waals surface area contributed by atoms with Crippen LogP contribution < -0.4 is 4.74 Å². The van der Waals surface area contributed by atoms with Crippen LogP contribution in [0, 0.1) is 0 Å². The van der Waals surface area contributed by atoms with E-state index < -0.39 is 0 Å². The van der Waals surface area contributed by atoms with Crippen LogP contribution in [-0.2, 0) is 6.54 Å². The molecule has 0 fully saturated rings. The number of ether oxygens (including phenoxy) is 1. The maximum Gasteiger partial charge on any atom is 0.233 e. The van der Waals surface area contributed by atoms with Crippen LogP contribution in [0.1, 0.15) is 23.1 Å². The summed E-state index contributed by atoms with van der Waals surface area (Å²) < 4.78 is 6.40. The second-order valence-corrected chi connectivity index (χ2v) is 3.85. The molecule has 0 aliphatic carbocycles. The van der Waals surface area contributed by atoms with Gasteiger partial charge in [-0.1, -0.05) is 11.6 Å². The lowest BCUT2D eigenvalue weighted by atomic mass is 10.2. The quantitative estimate of drug-likeness (QED) is 0.786. The van der Waals surface area contributed by atoms with Gasteiger partial charge in [-0.25, -0.2) is 0 Å². The zero-order valence-corrected chi connectivity index (χ0v) is 10.7. The van der Waals surface area contributed by atoms with Crippen molar-refractivity contribution < 1.29 is 9.53 Å². The van der Waals surface area contributed by atoms with Crippen molar-refractivity contribution in [2.24, 2.45) is 0 Å². The maximum atomic E-state index is 12.2. The second kappa shape index (κ2) is 5.14. The van der Waals surface area contributed by atoms with Gasteiger partial charge in [-0.05, 0) is 13.0 Å². The van der Waals surface area contributed by atoms with Crippen molar-refractivity contribution in [2.75, 3.05) is 7.11 Å². The molecule has 2 rings (SSSR count). The molecule has 6 nitrogen and oxygen atoms in total. The van der Waals surface area contributed by atoms with Crippen LogP contribution in [-0.4, -0.2) is 32.9 Å². The monoisotopic (exact) mass is 266 g/mol. The molecule has 0 spiro atoms. The third-order valence-electron chi connectivity index (χ3n) is 2.39. The van der Waals surface area contributed by atoms with E-state index in [-0.39, 0.29) is 11.5 Å². The molecule has 0 amide bonds. The van der Waals surface area contributed by atoms with Crippen molar-refractivity contribution in [2.45, 2.75) is 13.5 Å². The van der Waals surface area contributed by atoms with Gasteiger partial charge in [-0.15, -0.1) is 10.2 Å². The van der Waals surface area contributed by atoms with Crippen LogP contribution in [0.2, 0.25) is 5.02 Å². The number of carbonyl (C=O) groups is 1. The number of ketones is 1. The molecule has 0 N–H and O–H groups in total. The van der Waals surface area contributed by atoms with E-state index in [4.69, 9.17) is 16.3 Å². The Kier molecular flexibility index (Phi) is 3.57. The highest BCUT2D eigenvalue weighted by Crippen LogP contribution is 2.18. The first-order valence-corrected chi connectivity index (χ1v) is 5.69. The Labute approximate surface area is 109 Å². The average molecular weight is 267 g/mol. The molecule has 0 aliphatic rings. The van der Waals surface area contributed by atoms with Gasteiger partial charge >= 0.3 is 0 Å². The fraction of sp³-hybridized carbons (Fsp3) is 0.273. The Morgan fingerprint density at radius 2 is 2.22 bits per heavy atom. The van der Waals surface area contributed by atoms with Crippen molar-refractivity contribution in [3.8, 4) is 5.88 Å².